The van der Waals surface area contributed by atoms with Gasteiger partial charge in [-0.3, -0.25) is 14.5 Å². The molecule has 1 unspecified atom stereocenters. The number of nitrogens with zero attached hydrogens (tertiary/aromatic N) is 4. The zero-order chi connectivity index (χ0) is 24.6. The standard InChI is InChI=1S/C19H18N6O6S3/c1-8-11(33-7-21-8)4-3-9-5-32-17-13(16(27)25(17)14(9)18(28)29)23-15(26)12(24-31-2)10-6-34(30)19(20)22-10/h3-4,6-7,13,17H,5H2,1-2H3,(H2,20,22)(H,23,26)(H,28,29)/b4-3-,24-12-/t13-,17-,34?/m1/s1. The third-order valence-electron chi connectivity index (χ3n) is 5.00. The van der Waals surface area contributed by atoms with E-state index in [1.54, 1.807) is 17.7 Å². The van der Waals surface area contributed by atoms with Gasteiger partial charge in [-0.05, 0) is 18.6 Å². The lowest BCUT2D eigenvalue weighted by Gasteiger charge is -2.49. The number of oxime groups is 1. The van der Waals surface area contributed by atoms with Crippen molar-refractivity contribution >= 4 is 68.6 Å². The molecule has 1 saturated heterocycles. The maximum absolute atomic E-state index is 12.9. The molecule has 0 saturated carbocycles. The zero-order valence-corrected chi connectivity index (χ0v) is 20.2. The summed E-state index contributed by atoms with van der Waals surface area (Å²) in [7, 11) is -0.477. The van der Waals surface area contributed by atoms with Gasteiger partial charge in [-0.1, -0.05) is 11.2 Å². The number of allylic oxidation sites excluding steroid dienone is 1. The van der Waals surface area contributed by atoms with Crippen molar-refractivity contribution in [3.05, 3.63) is 44.5 Å². The minimum Gasteiger partial charge on any atom is -0.477 e. The minimum atomic E-state index is -1.69. The first-order chi connectivity index (χ1) is 16.2. The number of carboxylic acids is 1. The van der Waals surface area contributed by atoms with E-state index in [1.165, 1.54) is 30.2 Å². The zero-order valence-electron chi connectivity index (χ0n) is 17.8. The molecule has 0 aromatic carbocycles. The molecule has 4 N–H and O–H groups in total. The van der Waals surface area contributed by atoms with Crippen LogP contribution in [0.15, 0.2) is 44.1 Å². The van der Waals surface area contributed by atoms with Gasteiger partial charge in [-0.2, -0.15) is 0 Å². The van der Waals surface area contributed by atoms with Gasteiger partial charge in [0.2, 0.25) is 0 Å². The summed E-state index contributed by atoms with van der Waals surface area (Å²) < 4.78 is 11.7. The summed E-state index contributed by atoms with van der Waals surface area (Å²) in [6, 6.07) is -0.989. The molecule has 15 heteroatoms. The second kappa shape index (κ2) is 9.52. The van der Waals surface area contributed by atoms with Crippen LogP contribution in [0.2, 0.25) is 0 Å². The molecule has 0 aliphatic carbocycles. The molecule has 4 heterocycles. The van der Waals surface area contributed by atoms with Gasteiger partial charge in [0.05, 0.1) is 11.2 Å². The lowest BCUT2D eigenvalue weighted by atomic mass is 10.0. The lowest BCUT2D eigenvalue weighted by molar-refractivity contribution is -0.150. The number of fused-ring (bicyclic) bond motifs is 1. The van der Waals surface area contributed by atoms with Crippen LogP contribution in [0.4, 0.5) is 0 Å². The van der Waals surface area contributed by atoms with Crippen molar-refractivity contribution < 1.29 is 28.5 Å². The van der Waals surface area contributed by atoms with Crippen LogP contribution in [0.5, 0.6) is 0 Å². The van der Waals surface area contributed by atoms with Crippen molar-refractivity contribution in [3.8, 4) is 0 Å². The van der Waals surface area contributed by atoms with E-state index in [1.807, 2.05) is 6.92 Å². The largest absolute Gasteiger partial charge is 0.477 e. The summed E-state index contributed by atoms with van der Waals surface area (Å²) in [5.74, 6) is -2.30. The number of carbonyl (C=O) groups is 3. The molecule has 34 heavy (non-hydrogen) atoms. The fraction of sp³-hybridized carbons (Fsp3) is 0.263. The number of thiazole rings is 1. The molecule has 12 nitrogen and oxygen atoms in total. The summed E-state index contributed by atoms with van der Waals surface area (Å²) in [5, 5.41) is 16.3. The monoisotopic (exact) mass is 522 g/mol. The fourth-order valence-corrected chi connectivity index (χ4v) is 6.07. The summed E-state index contributed by atoms with van der Waals surface area (Å²) >= 11 is 2.74. The Kier molecular flexibility index (Phi) is 6.67. The fourth-order valence-electron chi connectivity index (χ4n) is 3.38. The molecule has 3 aliphatic rings. The Morgan fingerprint density at radius 2 is 2.21 bits per heavy atom. The molecule has 0 bridgehead atoms. The molecule has 3 atom stereocenters. The van der Waals surface area contributed by atoms with Crippen LogP contribution in [-0.4, -0.2) is 72.1 Å². The van der Waals surface area contributed by atoms with Crippen molar-refractivity contribution in [2.75, 3.05) is 12.9 Å². The van der Waals surface area contributed by atoms with Gasteiger partial charge in [0.25, 0.3) is 11.8 Å². The number of aliphatic carboxylic acids is 1. The van der Waals surface area contributed by atoms with Crippen LogP contribution in [0.1, 0.15) is 10.6 Å². The summed E-state index contributed by atoms with van der Waals surface area (Å²) in [6.07, 6.45) is 3.44. The number of amidine groups is 1. The second-order valence-corrected chi connectivity index (χ2v) is 10.3. The number of aryl methyl sites for hydroxylation is 1. The van der Waals surface area contributed by atoms with E-state index in [-0.39, 0.29) is 22.3 Å². The number of carbonyl (C=O) groups excluding carboxylic acids is 2. The smallest absolute Gasteiger partial charge is 0.352 e. The van der Waals surface area contributed by atoms with Crippen molar-refractivity contribution in [2.24, 2.45) is 15.9 Å². The third kappa shape index (κ3) is 4.28. The molecule has 3 aliphatic heterocycles. The van der Waals surface area contributed by atoms with Gasteiger partial charge in [-0.15, -0.1) is 23.1 Å². The first-order valence-electron chi connectivity index (χ1n) is 9.61. The number of nitrogens with two attached hydrogens (primary N) is 1. The Hall–Kier alpha value is -3.30. The number of hydrogen-bond donors (Lipinski definition) is 3. The predicted octanol–water partition coefficient (Wildman–Crippen LogP) is 0.124. The molecule has 4 rings (SSSR count). The maximum Gasteiger partial charge on any atom is 0.352 e. The summed E-state index contributed by atoms with van der Waals surface area (Å²) in [4.78, 5) is 52.4. The Labute approximate surface area is 203 Å². The normalized spacial score (nSPS) is 24.5. The van der Waals surface area contributed by atoms with Crippen LogP contribution < -0.4 is 11.1 Å². The number of hydrogen-bond acceptors (Lipinski definition) is 11. The Morgan fingerprint density at radius 3 is 2.79 bits per heavy atom. The minimum absolute atomic E-state index is 0.0491. The van der Waals surface area contributed by atoms with Crippen LogP contribution >= 0.6 is 23.1 Å². The van der Waals surface area contributed by atoms with Crippen molar-refractivity contribution in [2.45, 2.75) is 18.3 Å². The molecular formula is C19H18N6O6S3. The molecule has 178 valence electrons. The van der Waals surface area contributed by atoms with Crippen molar-refractivity contribution in [1.82, 2.24) is 15.2 Å². The van der Waals surface area contributed by atoms with Crippen LogP contribution in [-0.2, 0) is 30.0 Å². The molecule has 1 aromatic heterocycles. The molecule has 2 amide bonds. The number of thioether (sulfide) groups is 1. The number of aliphatic imine (C=N–C) groups is 1. The van der Waals surface area contributed by atoms with Gasteiger partial charge in [-0.25, -0.2) is 19.0 Å². The Morgan fingerprint density at radius 1 is 1.44 bits per heavy atom. The average Bonchev–Trinajstić information content (AvgIpc) is 3.37. The number of carboxylic acid groups (broad SMARTS) is 1. The van der Waals surface area contributed by atoms with E-state index in [0.717, 1.165) is 20.9 Å². The number of rotatable bonds is 7. The predicted molar refractivity (Wildman–Crippen MR) is 128 cm³/mol. The van der Waals surface area contributed by atoms with Gasteiger partial charge < -0.3 is 21.0 Å². The van der Waals surface area contributed by atoms with E-state index < -0.39 is 40.0 Å². The van der Waals surface area contributed by atoms with Gasteiger partial charge in [0.1, 0.15) is 40.7 Å². The highest BCUT2D eigenvalue weighted by Gasteiger charge is 2.54. The molecule has 0 spiro atoms. The highest BCUT2D eigenvalue weighted by atomic mass is 32.2. The molecule has 1 fully saturated rings. The lowest BCUT2D eigenvalue weighted by Crippen LogP contribution is -2.71. The van der Waals surface area contributed by atoms with Crippen LogP contribution in [0.3, 0.4) is 0 Å². The number of aromatic nitrogens is 1. The molecule has 0 radical (unpaired) electrons. The summed E-state index contributed by atoms with van der Waals surface area (Å²) in [6.45, 7) is 1.85. The van der Waals surface area contributed by atoms with E-state index in [4.69, 9.17) is 5.73 Å². The summed E-state index contributed by atoms with van der Waals surface area (Å²) in [5.41, 5.74) is 8.02. The highest BCUT2D eigenvalue weighted by Crippen LogP contribution is 2.41. The third-order valence-corrected chi connectivity index (χ3v) is 8.14. The molecular weight excluding hydrogens is 504 g/mol. The van der Waals surface area contributed by atoms with Gasteiger partial charge >= 0.3 is 5.97 Å². The Balaban J connectivity index is 1.54. The van der Waals surface area contributed by atoms with Crippen LogP contribution in [0.25, 0.3) is 6.08 Å². The van der Waals surface area contributed by atoms with Crippen molar-refractivity contribution in [1.29, 1.82) is 0 Å². The van der Waals surface area contributed by atoms with Gasteiger partial charge in [0.15, 0.2) is 10.9 Å². The average molecular weight is 523 g/mol. The number of nitrogens with one attached hydrogen (secondary N) is 1. The van der Waals surface area contributed by atoms with Crippen molar-refractivity contribution in [3.63, 3.8) is 0 Å². The van der Waals surface area contributed by atoms with Gasteiger partial charge in [0, 0.05) is 16.0 Å². The Bertz CT molecular complexity index is 1260. The highest BCUT2D eigenvalue weighted by molar-refractivity contribution is 8.03. The van der Waals surface area contributed by atoms with E-state index in [0.29, 0.717) is 11.3 Å². The number of β-lactam (4-membered cyclic amide) rings is 1. The quantitative estimate of drug-likeness (QED) is 0.255. The first-order valence-corrected chi connectivity index (χ1v) is 12.7. The van der Waals surface area contributed by atoms with Crippen LogP contribution in [0, 0.1) is 6.92 Å². The second-order valence-electron chi connectivity index (χ2n) is 7.05. The van der Waals surface area contributed by atoms with E-state index >= 15 is 0 Å². The van der Waals surface area contributed by atoms with E-state index in [9.17, 15) is 23.7 Å². The molecule has 1 aromatic rings. The maximum atomic E-state index is 12.9. The topological polar surface area (TPSA) is 177 Å². The first kappa shape index (κ1) is 23.8. The number of amides is 2. The van der Waals surface area contributed by atoms with E-state index in [2.05, 4.69) is 25.3 Å². The SMILES string of the molecule is CO/N=C(\C(=O)N[C@@H]1C(=O)N2C(C(=O)O)=C(/C=C\c3scnc3C)CS[C@H]12)C1=CS(=O)C(N)=N1.